The fourth-order valence-corrected chi connectivity index (χ4v) is 5.06. The summed E-state index contributed by atoms with van der Waals surface area (Å²) < 4.78 is 51.9. The summed E-state index contributed by atoms with van der Waals surface area (Å²) in [5.74, 6) is -1.39. The van der Waals surface area contributed by atoms with Gasteiger partial charge in [-0.25, -0.2) is 17.8 Å². The number of halogens is 1. The van der Waals surface area contributed by atoms with Crippen LogP contribution in [0, 0.1) is 11.7 Å². The maximum absolute atomic E-state index is 13.9. The number of esters is 1. The summed E-state index contributed by atoms with van der Waals surface area (Å²) in [5, 5.41) is 2.49. The van der Waals surface area contributed by atoms with Crippen molar-refractivity contribution in [3.05, 3.63) is 65.4 Å². The Morgan fingerprint density at radius 1 is 1.19 bits per heavy atom. The smallest absolute Gasteiger partial charge is 0.324 e. The maximum Gasteiger partial charge on any atom is 0.324 e. The molecule has 32 heavy (non-hydrogen) atoms. The van der Waals surface area contributed by atoms with E-state index >= 15 is 0 Å². The molecule has 0 unspecified atom stereocenters. The van der Waals surface area contributed by atoms with E-state index in [9.17, 15) is 17.6 Å². The van der Waals surface area contributed by atoms with Crippen LogP contribution in [0.1, 0.15) is 19.5 Å². The van der Waals surface area contributed by atoms with Crippen molar-refractivity contribution < 1.29 is 27.1 Å². The van der Waals surface area contributed by atoms with Crippen LogP contribution in [0.15, 0.2) is 58.8 Å². The molecular weight excluding hydrogens is 455 g/mol. The minimum absolute atomic E-state index is 0.121. The average Bonchev–Trinajstić information content (AvgIpc) is 3.25. The van der Waals surface area contributed by atoms with Gasteiger partial charge in [-0.15, -0.1) is 11.3 Å². The van der Waals surface area contributed by atoms with Crippen molar-refractivity contribution in [1.82, 2.24) is 9.71 Å². The Bertz CT molecular complexity index is 1190. The first-order valence-corrected chi connectivity index (χ1v) is 12.1. The lowest BCUT2D eigenvalue weighted by atomic mass is 10.1. The first kappa shape index (κ1) is 23.8. The molecule has 0 saturated carbocycles. The zero-order valence-corrected chi connectivity index (χ0v) is 19.4. The predicted molar refractivity (Wildman–Crippen MR) is 119 cm³/mol. The summed E-state index contributed by atoms with van der Waals surface area (Å²) in [6.07, 6.45) is 0. The van der Waals surface area contributed by atoms with Crippen molar-refractivity contribution in [2.75, 3.05) is 7.11 Å². The molecule has 170 valence electrons. The van der Waals surface area contributed by atoms with E-state index in [1.807, 2.05) is 24.3 Å². The lowest BCUT2D eigenvalue weighted by Crippen LogP contribution is -2.45. The Morgan fingerprint density at radius 3 is 2.62 bits per heavy atom. The van der Waals surface area contributed by atoms with Gasteiger partial charge < -0.3 is 9.47 Å². The monoisotopic (exact) mass is 478 g/mol. The number of hydrogen-bond acceptors (Lipinski definition) is 7. The zero-order valence-electron chi connectivity index (χ0n) is 17.7. The second-order valence-electron chi connectivity index (χ2n) is 7.26. The molecule has 2 aromatic carbocycles. The second-order valence-corrected chi connectivity index (χ2v) is 9.80. The van der Waals surface area contributed by atoms with Crippen molar-refractivity contribution in [1.29, 1.82) is 0 Å². The normalized spacial score (nSPS) is 12.5. The van der Waals surface area contributed by atoms with Gasteiger partial charge in [0.05, 0.1) is 12.8 Å². The summed E-state index contributed by atoms with van der Waals surface area (Å²) in [7, 11) is -2.67. The molecule has 7 nitrogen and oxygen atoms in total. The Kier molecular flexibility index (Phi) is 7.60. The largest absolute Gasteiger partial charge is 0.497 e. The number of aromatic nitrogens is 1. The van der Waals surface area contributed by atoms with Crippen LogP contribution < -0.4 is 9.46 Å². The van der Waals surface area contributed by atoms with Gasteiger partial charge in [0.2, 0.25) is 10.0 Å². The van der Waals surface area contributed by atoms with Crippen LogP contribution in [0.3, 0.4) is 0 Å². The number of carbonyl (C=O) groups excluding carboxylic acids is 1. The van der Waals surface area contributed by atoms with E-state index in [1.54, 1.807) is 26.3 Å². The first-order valence-electron chi connectivity index (χ1n) is 9.73. The van der Waals surface area contributed by atoms with E-state index in [1.165, 1.54) is 23.5 Å². The fraction of sp³-hybridized carbons (Fsp3) is 0.273. The minimum Gasteiger partial charge on any atom is -0.497 e. The molecule has 3 rings (SSSR count). The molecule has 0 radical (unpaired) electrons. The van der Waals surface area contributed by atoms with Crippen molar-refractivity contribution in [2.45, 2.75) is 31.4 Å². The molecule has 0 spiro atoms. The molecule has 1 heterocycles. The number of methoxy groups -OCH3 is 1. The Morgan fingerprint density at radius 2 is 1.94 bits per heavy atom. The number of benzene rings is 2. The molecule has 3 aromatic rings. The number of nitrogens with zero attached hydrogens (tertiary/aromatic N) is 1. The highest BCUT2D eigenvalue weighted by Crippen LogP contribution is 2.27. The molecule has 0 saturated heterocycles. The maximum atomic E-state index is 13.9. The van der Waals surface area contributed by atoms with Gasteiger partial charge in [0.25, 0.3) is 0 Å². The first-order chi connectivity index (χ1) is 15.2. The predicted octanol–water partition coefficient (Wildman–Crippen LogP) is 4.00. The molecule has 1 aromatic heterocycles. The van der Waals surface area contributed by atoms with Crippen LogP contribution in [0.25, 0.3) is 10.6 Å². The standard InChI is InChI=1S/C22H23FN2O5S2/c1-14(2)20(25-32(27,28)19-10-5-4-9-18(19)23)22(26)30-12-16-13-31-21(24-16)15-7-6-8-17(11-15)29-3/h4-11,13-14,20,25H,12H2,1-3H3/t20-/m0/s1. The van der Waals surface area contributed by atoms with Crippen LogP contribution in [0.5, 0.6) is 5.75 Å². The van der Waals surface area contributed by atoms with Gasteiger partial charge in [0.1, 0.15) is 34.1 Å². The van der Waals surface area contributed by atoms with Crippen LogP contribution >= 0.6 is 11.3 Å². The van der Waals surface area contributed by atoms with Gasteiger partial charge >= 0.3 is 5.97 Å². The highest BCUT2D eigenvalue weighted by Gasteiger charge is 2.31. The lowest BCUT2D eigenvalue weighted by Gasteiger charge is -2.20. The molecule has 0 aliphatic rings. The van der Waals surface area contributed by atoms with Crippen LogP contribution in [-0.2, 0) is 26.2 Å². The Labute approximate surface area is 190 Å². The molecule has 10 heteroatoms. The molecule has 0 aliphatic carbocycles. The molecule has 0 bridgehead atoms. The van der Waals surface area contributed by atoms with Gasteiger partial charge in [-0.3, -0.25) is 4.79 Å². The van der Waals surface area contributed by atoms with Gasteiger partial charge in [0.15, 0.2) is 0 Å². The van der Waals surface area contributed by atoms with Crippen LogP contribution in [0.4, 0.5) is 4.39 Å². The summed E-state index contributed by atoms with van der Waals surface area (Å²) in [4.78, 5) is 16.6. The van der Waals surface area contributed by atoms with E-state index in [0.717, 1.165) is 22.7 Å². The molecular formula is C22H23FN2O5S2. The van der Waals surface area contributed by atoms with E-state index in [-0.39, 0.29) is 6.61 Å². The Hall–Kier alpha value is -2.82. The minimum atomic E-state index is -4.25. The number of thiazole rings is 1. The topological polar surface area (TPSA) is 94.6 Å². The van der Waals surface area contributed by atoms with Gasteiger partial charge in [-0.2, -0.15) is 4.72 Å². The number of ether oxygens (including phenoxy) is 2. The van der Waals surface area contributed by atoms with E-state index < -0.39 is 38.7 Å². The third kappa shape index (κ3) is 5.70. The number of sulfonamides is 1. The number of nitrogens with one attached hydrogen (secondary N) is 1. The van der Waals surface area contributed by atoms with Gasteiger partial charge in [-0.05, 0) is 30.2 Å². The van der Waals surface area contributed by atoms with Crippen molar-refractivity contribution in [3.8, 4) is 16.3 Å². The second kappa shape index (κ2) is 10.2. The average molecular weight is 479 g/mol. The third-order valence-corrected chi connectivity index (χ3v) is 6.97. The lowest BCUT2D eigenvalue weighted by molar-refractivity contribution is -0.148. The van der Waals surface area contributed by atoms with E-state index in [2.05, 4.69) is 9.71 Å². The molecule has 0 fully saturated rings. The van der Waals surface area contributed by atoms with Crippen molar-refractivity contribution in [3.63, 3.8) is 0 Å². The van der Waals surface area contributed by atoms with Gasteiger partial charge in [0, 0.05) is 10.9 Å². The Balaban J connectivity index is 1.68. The summed E-state index contributed by atoms with van der Waals surface area (Å²) in [6, 6.07) is 11.2. The highest BCUT2D eigenvalue weighted by atomic mass is 32.2. The van der Waals surface area contributed by atoms with Crippen LogP contribution in [-0.4, -0.2) is 32.5 Å². The zero-order chi connectivity index (χ0) is 23.3. The van der Waals surface area contributed by atoms with Gasteiger partial charge in [-0.1, -0.05) is 38.1 Å². The van der Waals surface area contributed by atoms with Crippen molar-refractivity contribution in [2.24, 2.45) is 5.92 Å². The molecule has 1 atom stereocenters. The summed E-state index contributed by atoms with van der Waals surface area (Å²) >= 11 is 1.39. The SMILES string of the molecule is COc1cccc(-c2nc(COC(=O)[C@@H](NS(=O)(=O)c3ccccc3F)C(C)C)cs2)c1. The quantitative estimate of drug-likeness (QED) is 0.467. The third-order valence-electron chi connectivity index (χ3n) is 4.56. The van der Waals surface area contributed by atoms with E-state index in [0.29, 0.717) is 11.4 Å². The van der Waals surface area contributed by atoms with Crippen LogP contribution in [0.2, 0.25) is 0 Å². The summed E-state index contributed by atoms with van der Waals surface area (Å²) in [6.45, 7) is 3.21. The highest BCUT2D eigenvalue weighted by molar-refractivity contribution is 7.89. The number of hydrogen-bond donors (Lipinski definition) is 1. The molecule has 1 N–H and O–H groups in total. The number of rotatable bonds is 9. The number of carbonyl (C=O) groups is 1. The molecule has 0 aliphatic heterocycles. The van der Waals surface area contributed by atoms with E-state index in [4.69, 9.17) is 9.47 Å². The molecule has 0 amide bonds. The fourth-order valence-electron chi connectivity index (χ4n) is 2.85. The van der Waals surface area contributed by atoms with Crippen molar-refractivity contribution >= 4 is 27.3 Å². The summed E-state index contributed by atoms with van der Waals surface area (Å²) in [5.41, 5.74) is 1.39.